The van der Waals surface area contributed by atoms with E-state index < -0.39 is 17.0 Å². The minimum atomic E-state index is -0.687. The van der Waals surface area contributed by atoms with E-state index in [4.69, 9.17) is 4.74 Å². The molecule has 5 nitrogen and oxygen atoms in total. The van der Waals surface area contributed by atoms with Gasteiger partial charge in [-0.05, 0) is 12.8 Å². The maximum absolute atomic E-state index is 12.5. The van der Waals surface area contributed by atoms with Gasteiger partial charge in [-0.1, -0.05) is 77.1 Å². The highest BCUT2D eigenvalue weighted by molar-refractivity contribution is 6.52. The number of ether oxygens (including phenoxy) is 1. The molecule has 1 N–H and O–H groups in total. The Hall–Kier alpha value is -2.43. The van der Waals surface area contributed by atoms with E-state index in [1.54, 1.807) is 18.2 Å². The van der Waals surface area contributed by atoms with Crippen molar-refractivity contribution in [1.82, 2.24) is 0 Å². The first-order valence-corrected chi connectivity index (χ1v) is 10.5. The van der Waals surface area contributed by atoms with Crippen molar-refractivity contribution in [3.05, 3.63) is 41.0 Å². The lowest BCUT2D eigenvalue weighted by Gasteiger charge is -2.27. The molecule has 5 heteroatoms. The Morgan fingerprint density at radius 2 is 1.59 bits per heavy atom. The average Bonchev–Trinajstić information content (AvgIpc) is 2.70. The summed E-state index contributed by atoms with van der Waals surface area (Å²) in [5.41, 5.74) is 0.109. The molecular formula is C24H32O5. The van der Waals surface area contributed by atoms with Gasteiger partial charge in [0.2, 0.25) is 11.6 Å². The second kappa shape index (κ2) is 10.4. The molecule has 1 aromatic rings. The molecule has 0 saturated carbocycles. The van der Waals surface area contributed by atoms with Crippen LogP contribution in [0.2, 0.25) is 0 Å². The van der Waals surface area contributed by atoms with E-state index in [0.29, 0.717) is 12.0 Å². The number of rotatable bonds is 11. The Bertz CT molecular complexity index is 788. The predicted octanol–water partition coefficient (Wildman–Crippen LogP) is 5.43. The highest BCUT2D eigenvalue weighted by atomic mass is 16.5. The van der Waals surface area contributed by atoms with Gasteiger partial charge in [-0.15, -0.1) is 0 Å². The van der Waals surface area contributed by atoms with Crippen molar-refractivity contribution in [2.75, 3.05) is 6.61 Å². The van der Waals surface area contributed by atoms with Gasteiger partial charge in [0, 0.05) is 28.5 Å². The zero-order valence-electron chi connectivity index (χ0n) is 17.8. The number of allylic oxidation sites excluding steroid dienone is 1. The average molecular weight is 401 g/mol. The second-order valence-corrected chi connectivity index (χ2v) is 8.55. The lowest BCUT2D eigenvalue weighted by Crippen LogP contribution is -2.29. The smallest absolute Gasteiger partial charge is 0.305 e. The van der Waals surface area contributed by atoms with Crippen LogP contribution in [0.5, 0.6) is 0 Å². The maximum Gasteiger partial charge on any atom is 0.305 e. The normalized spacial score (nSPS) is 14.2. The fourth-order valence-electron chi connectivity index (χ4n) is 3.51. The van der Waals surface area contributed by atoms with Crippen LogP contribution in [0.15, 0.2) is 29.8 Å². The van der Waals surface area contributed by atoms with E-state index in [2.05, 4.69) is 6.92 Å². The highest BCUT2D eigenvalue weighted by Gasteiger charge is 2.36. The third-order valence-corrected chi connectivity index (χ3v) is 5.21. The quantitative estimate of drug-likeness (QED) is 0.304. The molecule has 29 heavy (non-hydrogen) atoms. The topological polar surface area (TPSA) is 80.7 Å². The Morgan fingerprint density at radius 3 is 2.28 bits per heavy atom. The lowest BCUT2D eigenvalue weighted by molar-refractivity contribution is -0.146. The molecule has 1 aromatic carbocycles. The molecule has 0 saturated heterocycles. The van der Waals surface area contributed by atoms with Gasteiger partial charge in [0.05, 0.1) is 6.61 Å². The van der Waals surface area contributed by atoms with Crippen molar-refractivity contribution in [2.45, 2.75) is 72.1 Å². The van der Waals surface area contributed by atoms with E-state index in [9.17, 15) is 19.5 Å². The summed E-state index contributed by atoms with van der Waals surface area (Å²) in [6.07, 6.45) is 7.15. The summed E-state index contributed by atoms with van der Waals surface area (Å²) < 4.78 is 5.40. The first-order valence-electron chi connectivity index (χ1n) is 10.5. The van der Waals surface area contributed by atoms with Gasteiger partial charge in [0.25, 0.3) is 0 Å². The SMILES string of the molecule is CCCCCCCCC(=O)OCC(C)(C)CC1=C(O)c2ccccc2C(=O)C1=O. The van der Waals surface area contributed by atoms with E-state index in [-0.39, 0.29) is 35.9 Å². The molecule has 0 aliphatic heterocycles. The van der Waals surface area contributed by atoms with Gasteiger partial charge in [-0.3, -0.25) is 14.4 Å². The summed E-state index contributed by atoms with van der Waals surface area (Å²) in [6, 6.07) is 6.54. The molecule has 0 bridgehead atoms. The molecule has 0 amide bonds. The molecule has 2 rings (SSSR count). The monoisotopic (exact) mass is 400 g/mol. The largest absolute Gasteiger partial charge is 0.507 e. The van der Waals surface area contributed by atoms with Crippen LogP contribution in [-0.4, -0.2) is 29.2 Å². The summed E-state index contributed by atoms with van der Waals surface area (Å²) in [6.45, 7) is 6.00. The van der Waals surface area contributed by atoms with E-state index in [1.807, 2.05) is 13.8 Å². The molecule has 0 radical (unpaired) electrons. The van der Waals surface area contributed by atoms with Crippen LogP contribution in [0.25, 0.3) is 5.76 Å². The van der Waals surface area contributed by atoms with Crippen LogP contribution in [0, 0.1) is 5.41 Å². The van der Waals surface area contributed by atoms with Crippen LogP contribution in [0.4, 0.5) is 0 Å². The summed E-state index contributed by atoms with van der Waals surface area (Å²) in [5.74, 6) is -1.70. The number of aliphatic hydroxyl groups excluding tert-OH is 1. The van der Waals surface area contributed by atoms with Crippen molar-refractivity contribution >= 4 is 23.3 Å². The van der Waals surface area contributed by atoms with Gasteiger partial charge >= 0.3 is 5.97 Å². The molecule has 0 fully saturated rings. The van der Waals surface area contributed by atoms with Crippen LogP contribution in [0.1, 0.15) is 88.1 Å². The number of Topliss-reactive ketones (excluding diaryl/α,β-unsaturated/α-hetero) is 2. The van der Waals surface area contributed by atoms with Crippen molar-refractivity contribution in [1.29, 1.82) is 0 Å². The summed E-state index contributed by atoms with van der Waals surface area (Å²) in [4.78, 5) is 36.9. The number of unbranched alkanes of at least 4 members (excludes halogenated alkanes) is 5. The molecule has 0 aromatic heterocycles. The predicted molar refractivity (Wildman–Crippen MR) is 113 cm³/mol. The van der Waals surface area contributed by atoms with Crippen molar-refractivity contribution in [3.8, 4) is 0 Å². The maximum atomic E-state index is 12.5. The van der Waals surface area contributed by atoms with Crippen LogP contribution in [0.3, 0.4) is 0 Å². The van der Waals surface area contributed by atoms with Crippen LogP contribution >= 0.6 is 0 Å². The molecule has 1 aliphatic carbocycles. The summed E-state index contributed by atoms with van der Waals surface area (Å²) in [5, 5.41) is 10.6. The Labute approximate surface area is 173 Å². The van der Waals surface area contributed by atoms with Crippen molar-refractivity contribution < 1.29 is 24.2 Å². The number of carbonyl (C=O) groups is 3. The molecular weight excluding hydrogens is 368 g/mol. The zero-order chi connectivity index (χ0) is 21.4. The lowest BCUT2D eigenvalue weighted by atomic mass is 9.79. The van der Waals surface area contributed by atoms with E-state index >= 15 is 0 Å². The number of hydrogen-bond acceptors (Lipinski definition) is 5. The summed E-state index contributed by atoms with van der Waals surface area (Å²) in [7, 11) is 0. The van der Waals surface area contributed by atoms with Gasteiger partial charge in [0.1, 0.15) is 5.76 Å². The number of ketones is 2. The number of carbonyl (C=O) groups excluding carboxylic acids is 3. The van der Waals surface area contributed by atoms with E-state index in [1.165, 1.54) is 25.3 Å². The van der Waals surface area contributed by atoms with Crippen molar-refractivity contribution in [2.24, 2.45) is 5.41 Å². The molecule has 0 unspecified atom stereocenters. The molecule has 158 valence electrons. The molecule has 0 atom stereocenters. The molecule has 0 spiro atoms. The van der Waals surface area contributed by atoms with Crippen LogP contribution < -0.4 is 0 Å². The summed E-state index contributed by atoms with van der Waals surface area (Å²) >= 11 is 0. The highest BCUT2D eigenvalue weighted by Crippen LogP contribution is 2.35. The standard InChI is InChI=1S/C24H32O5/c1-4-5-6-7-8-9-14-20(25)29-16-24(2,3)15-19-21(26)17-12-10-11-13-18(17)22(27)23(19)28/h10-13,26H,4-9,14-16H2,1-3H3. The minimum Gasteiger partial charge on any atom is -0.507 e. The number of aliphatic hydroxyl groups is 1. The van der Waals surface area contributed by atoms with Gasteiger partial charge in [-0.2, -0.15) is 0 Å². The zero-order valence-corrected chi connectivity index (χ0v) is 17.8. The third-order valence-electron chi connectivity index (χ3n) is 5.21. The van der Waals surface area contributed by atoms with Gasteiger partial charge < -0.3 is 9.84 Å². The second-order valence-electron chi connectivity index (χ2n) is 8.55. The van der Waals surface area contributed by atoms with Crippen molar-refractivity contribution in [3.63, 3.8) is 0 Å². The number of benzene rings is 1. The Kier molecular flexibility index (Phi) is 8.18. The fourth-order valence-corrected chi connectivity index (χ4v) is 3.51. The van der Waals surface area contributed by atoms with E-state index in [0.717, 1.165) is 19.3 Å². The van der Waals surface area contributed by atoms with Gasteiger partial charge in [-0.25, -0.2) is 0 Å². The fraction of sp³-hybridized carbons (Fsp3) is 0.542. The number of esters is 1. The first kappa shape index (κ1) is 22.9. The Morgan fingerprint density at radius 1 is 0.966 bits per heavy atom. The minimum absolute atomic E-state index is 0.0886. The Balaban J connectivity index is 1.91. The molecule has 1 aliphatic rings. The number of fused-ring (bicyclic) bond motifs is 1. The van der Waals surface area contributed by atoms with Crippen LogP contribution in [-0.2, 0) is 14.3 Å². The first-order chi connectivity index (χ1) is 13.8. The van der Waals surface area contributed by atoms with Gasteiger partial charge in [0.15, 0.2) is 0 Å². The molecule has 0 heterocycles. The third kappa shape index (κ3) is 6.28. The number of hydrogen-bond donors (Lipinski definition) is 1.